The van der Waals surface area contributed by atoms with E-state index in [9.17, 15) is 0 Å². The Kier molecular flexibility index (Phi) is 42.0. The fourth-order valence-electron chi connectivity index (χ4n) is 2.64. The minimum Gasteiger partial charge on any atom is -0.324 e. The fourth-order valence-corrected chi connectivity index (χ4v) is 2.64. The van der Waals surface area contributed by atoms with Crippen molar-refractivity contribution in [2.24, 2.45) is 0 Å². The number of unbranched alkanes of at least 4 members (excludes halogenated alkanes) is 4. The molecular weight excluding hydrogens is 714 g/mol. The van der Waals surface area contributed by atoms with E-state index in [1.807, 2.05) is 0 Å². The molecule has 0 aliphatic heterocycles. The zero-order chi connectivity index (χ0) is 13.0. The van der Waals surface area contributed by atoms with Crippen molar-refractivity contribution in [1.29, 1.82) is 0 Å². The molecule has 0 radical (unpaired) electrons. The lowest BCUT2D eigenvalue weighted by atomic mass is 10.1. The van der Waals surface area contributed by atoms with E-state index in [0.29, 0.717) is 0 Å². The van der Waals surface area contributed by atoms with Crippen LogP contribution in [0.3, 0.4) is 0 Å². The van der Waals surface area contributed by atoms with Crippen molar-refractivity contribution < 1.29 is 4.48 Å². The Morgan fingerprint density at radius 1 is 0.429 bits per heavy atom. The Labute approximate surface area is 203 Å². The average molecular weight is 754 g/mol. The zero-order valence-electron chi connectivity index (χ0n) is 14.6. The standard InChI is InChI=1S/C16H36N.4HI/c1-5-9-13-17(14-10-6-2,15-11-7-3)16-12-8-4;;;;/h5-16H2,1-4H3;4*1H/q+1;;;;. The van der Waals surface area contributed by atoms with Crippen molar-refractivity contribution >= 4 is 95.9 Å². The second-order valence-electron chi connectivity index (χ2n) is 5.65. The Morgan fingerprint density at radius 3 is 0.762 bits per heavy atom. The van der Waals surface area contributed by atoms with Crippen LogP contribution in [0.4, 0.5) is 0 Å². The van der Waals surface area contributed by atoms with Gasteiger partial charge in [-0.3, -0.25) is 0 Å². The van der Waals surface area contributed by atoms with Crippen molar-refractivity contribution in [3.8, 4) is 0 Å². The summed E-state index contributed by atoms with van der Waals surface area (Å²) in [6, 6.07) is 0. The summed E-state index contributed by atoms with van der Waals surface area (Å²) >= 11 is 0. The van der Waals surface area contributed by atoms with E-state index in [0.717, 1.165) is 0 Å². The molecule has 0 aromatic rings. The molecule has 0 aliphatic rings. The van der Waals surface area contributed by atoms with E-state index in [1.54, 1.807) is 0 Å². The minimum absolute atomic E-state index is 0. The van der Waals surface area contributed by atoms with Gasteiger partial charge in [-0.25, -0.2) is 0 Å². The molecule has 0 saturated heterocycles. The van der Waals surface area contributed by atoms with Crippen LogP contribution >= 0.6 is 95.9 Å². The third-order valence-corrected chi connectivity index (χ3v) is 3.94. The molecule has 0 unspecified atom stereocenters. The van der Waals surface area contributed by atoms with E-state index in [4.69, 9.17) is 0 Å². The highest BCUT2D eigenvalue weighted by Gasteiger charge is 2.24. The Balaban J connectivity index is -0.000000213. The molecule has 136 valence electrons. The van der Waals surface area contributed by atoms with E-state index < -0.39 is 0 Å². The van der Waals surface area contributed by atoms with Gasteiger partial charge >= 0.3 is 0 Å². The predicted molar refractivity (Wildman–Crippen MR) is 141 cm³/mol. The maximum absolute atomic E-state index is 2.33. The van der Waals surface area contributed by atoms with Gasteiger partial charge in [0.1, 0.15) is 0 Å². The molecule has 0 saturated carbocycles. The van der Waals surface area contributed by atoms with Gasteiger partial charge in [-0.15, -0.1) is 95.9 Å². The van der Waals surface area contributed by atoms with E-state index in [2.05, 4.69) is 27.7 Å². The normalized spacial score (nSPS) is 9.71. The highest BCUT2D eigenvalue weighted by atomic mass is 127. The first-order chi connectivity index (χ1) is 8.24. The molecule has 0 amide bonds. The number of nitrogens with zero attached hydrogens (tertiary/aromatic N) is 1. The summed E-state index contributed by atoms with van der Waals surface area (Å²) in [5.74, 6) is 0. The van der Waals surface area contributed by atoms with E-state index in [1.165, 1.54) is 82.0 Å². The van der Waals surface area contributed by atoms with Crippen LogP contribution in [0.1, 0.15) is 79.1 Å². The van der Waals surface area contributed by atoms with Crippen LogP contribution in [0.15, 0.2) is 0 Å². The Bertz CT molecular complexity index is 131. The third kappa shape index (κ3) is 19.1. The van der Waals surface area contributed by atoms with Gasteiger partial charge in [0.25, 0.3) is 0 Å². The number of rotatable bonds is 12. The number of hydrogen-bond donors (Lipinski definition) is 0. The third-order valence-electron chi connectivity index (χ3n) is 3.94. The molecule has 5 heteroatoms. The van der Waals surface area contributed by atoms with Gasteiger partial charge in [-0.1, -0.05) is 53.4 Å². The summed E-state index contributed by atoms with van der Waals surface area (Å²) in [6.45, 7) is 15.0. The summed E-state index contributed by atoms with van der Waals surface area (Å²) in [5.41, 5.74) is 0. The van der Waals surface area contributed by atoms with Crippen LogP contribution in [0.25, 0.3) is 0 Å². The Morgan fingerprint density at radius 2 is 0.619 bits per heavy atom. The molecular formula is C16H40I4N+. The molecule has 0 bridgehead atoms. The average Bonchev–Trinajstić information content (AvgIpc) is 2.37. The van der Waals surface area contributed by atoms with E-state index >= 15 is 0 Å². The number of halogens is 4. The second-order valence-corrected chi connectivity index (χ2v) is 5.65. The first kappa shape index (κ1) is 35.1. The lowest BCUT2D eigenvalue weighted by Crippen LogP contribution is -2.50. The lowest BCUT2D eigenvalue weighted by molar-refractivity contribution is -0.929. The maximum Gasteiger partial charge on any atom is 0.0786 e. The van der Waals surface area contributed by atoms with Crippen molar-refractivity contribution in [3.63, 3.8) is 0 Å². The summed E-state index contributed by atoms with van der Waals surface area (Å²) in [6.07, 6.45) is 11.1. The smallest absolute Gasteiger partial charge is 0.0786 e. The van der Waals surface area contributed by atoms with Crippen molar-refractivity contribution in [3.05, 3.63) is 0 Å². The quantitative estimate of drug-likeness (QED) is 0.143. The minimum atomic E-state index is 0. The highest BCUT2D eigenvalue weighted by Crippen LogP contribution is 2.16. The molecule has 0 aliphatic carbocycles. The second kappa shape index (κ2) is 25.1. The van der Waals surface area contributed by atoms with Crippen LogP contribution in [-0.2, 0) is 0 Å². The molecule has 0 heterocycles. The van der Waals surface area contributed by atoms with E-state index in [-0.39, 0.29) is 95.9 Å². The molecule has 0 N–H and O–H groups in total. The lowest BCUT2D eigenvalue weighted by Gasteiger charge is -2.39. The summed E-state index contributed by atoms with van der Waals surface area (Å²) in [7, 11) is 0. The first-order valence-electron chi connectivity index (χ1n) is 8.09. The molecule has 0 fully saturated rings. The predicted octanol–water partition coefficient (Wildman–Crippen LogP) is 7.48. The molecule has 0 aromatic carbocycles. The SMILES string of the molecule is CCCC[N+](CCCC)(CCCC)CCCC.I.I.I.I. The highest BCUT2D eigenvalue weighted by molar-refractivity contribution is 14.0. The van der Waals surface area contributed by atoms with Gasteiger partial charge in [0, 0.05) is 0 Å². The topological polar surface area (TPSA) is 0 Å². The van der Waals surface area contributed by atoms with Crippen LogP contribution in [-0.4, -0.2) is 30.7 Å². The van der Waals surface area contributed by atoms with Crippen molar-refractivity contribution in [2.45, 2.75) is 79.1 Å². The summed E-state index contributed by atoms with van der Waals surface area (Å²) in [4.78, 5) is 0. The monoisotopic (exact) mass is 754 g/mol. The molecule has 21 heavy (non-hydrogen) atoms. The van der Waals surface area contributed by atoms with Crippen LogP contribution < -0.4 is 0 Å². The summed E-state index contributed by atoms with van der Waals surface area (Å²) in [5, 5.41) is 0. The molecule has 1 nitrogen and oxygen atoms in total. The van der Waals surface area contributed by atoms with Crippen LogP contribution in [0.2, 0.25) is 0 Å². The summed E-state index contributed by atoms with van der Waals surface area (Å²) < 4.78 is 1.42. The number of hydrogen-bond acceptors (Lipinski definition) is 0. The van der Waals surface area contributed by atoms with Gasteiger partial charge in [0.05, 0.1) is 26.2 Å². The molecule has 0 rings (SSSR count). The first-order valence-corrected chi connectivity index (χ1v) is 8.09. The van der Waals surface area contributed by atoms with Gasteiger partial charge in [-0.2, -0.15) is 0 Å². The van der Waals surface area contributed by atoms with Crippen molar-refractivity contribution in [2.75, 3.05) is 26.2 Å². The Hall–Kier alpha value is 2.88. The maximum atomic E-state index is 2.33. The van der Waals surface area contributed by atoms with Gasteiger partial charge in [0.15, 0.2) is 0 Å². The van der Waals surface area contributed by atoms with Crippen LogP contribution in [0, 0.1) is 0 Å². The largest absolute Gasteiger partial charge is 0.324 e. The zero-order valence-corrected chi connectivity index (χ0v) is 23.9. The van der Waals surface area contributed by atoms with Crippen LogP contribution in [0.5, 0.6) is 0 Å². The van der Waals surface area contributed by atoms with Crippen molar-refractivity contribution in [1.82, 2.24) is 0 Å². The molecule has 0 atom stereocenters. The van der Waals surface area contributed by atoms with Gasteiger partial charge < -0.3 is 4.48 Å². The molecule has 0 aromatic heterocycles. The fraction of sp³-hybridized carbons (Fsp3) is 1.00. The van der Waals surface area contributed by atoms with Gasteiger partial charge in [0.2, 0.25) is 0 Å². The molecule has 0 spiro atoms. The number of quaternary nitrogens is 1. The van der Waals surface area contributed by atoms with Gasteiger partial charge in [-0.05, 0) is 25.7 Å².